The van der Waals surface area contributed by atoms with E-state index < -0.39 is 11.6 Å². The van der Waals surface area contributed by atoms with Gasteiger partial charge >= 0.3 is 5.97 Å². The lowest BCUT2D eigenvalue weighted by molar-refractivity contribution is -0.137. The molecule has 2 fully saturated rings. The summed E-state index contributed by atoms with van der Waals surface area (Å²) in [5.74, 6) is 0.0686. The predicted octanol–water partition coefficient (Wildman–Crippen LogP) is 6.42. The summed E-state index contributed by atoms with van der Waals surface area (Å²) in [5, 5.41) is 11.6. The van der Waals surface area contributed by atoms with Crippen molar-refractivity contribution < 1.29 is 19.5 Å². The first-order chi connectivity index (χ1) is 19.7. The predicted molar refractivity (Wildman–Crippen MR) is 166 cm³/mol. The minimum Gasteiger partial charge on any atom is -0.481 e. The molecule has 2 heterocycles. The zero-order chi connectivity index (χ0) is 30.7. The molecule has 1 saturated heterocycles. The van der Waals surface area contributed by atoms with Crippen LogP contribution in [-0.2, 0) is 9.59 Å². The van der Waals surface area contributed by atoms with E-state index in [0.29, 0.717) is 17.3 Å². The maximum atomic E-state index is 14.5. The number of nitrogens with zero attached hydrogens (tertiary/aromatic N) is 3. The van der Waals surface area contributed by atoms with Crippen LogP contribution < -0.4 is 5.32 Å². The van der Waals surface area contributed by atoms with Gasteiger partial charge in [-0.15, -0.1) is 0 Å². The summed E-state index contributed by atoms with van der Waals surface area (Å²) in [5.41, 5.74) is 1.28. The Balaban J connectivity index is 1.67. The van der Waals surface area contributed by atoms with Crippen molar-refractivity contribution in [1.29, 1.82) is 0 Å². The summed E-state index contributed by atoms with van der Waals surface area (Å²) in [4.78, 5) is 47.7. The molecule has 0 bridgehead atoms. The van der Waals surface area contributed by atoms with Crippen molar-refractivity contribution in [2.75, 3.05) is 19.6 Å². The fraction of sp³-hybridized carbons (Fsp3) is 0.706. The van der Waals surface area contributed by atoms with Gasteiger partial charge in [0.1, 0.15) is 5.66 Å². The molecule has 4 rings (SSSR count). The van der Waals surface area contributed by atoms with Gasteiger partial charge in [-0.1, -0.05) is 53.7 Å². The van der Waals surface area contributed by atoms with Gasteiger partial charge in [-0.2, -0.15) is 0 Å². The highest BCUT2D eigenvalue weighted by molar-refractivity contribution is 6.39. The number of amides is 2. The molecule has 1 atom stereocenters. The molecule has 232 valence electrons. The number of carbonyl (C=O) groups is 3. The second-order valence-electron chi connectivity index (χ2n) is 14.9. The van der Waals surface area contributed by atoms with Gasteiger partial charge in [-0.3, -0.25) is 14.4 Å². The van der Waals surface area contributed by atoms with Crippen LogP contribution in [0.3, 0.4) is 0 Å². The Morgan fingerprint density at radius 2 is 1.64 bits per heavy atom. The van der Waals surface area contributed by atoms with Gasteiger partial charge in [0.25, 0.3) is 11.8 Å². The van der Waals surface area contributed by atoms with E-state index in [-0.39, 0.29) is 41.7 Å². The first-order valence-electron chi connectivity index (χ1n) is 16.0. The van der Waals surface area contributed by atoms with Crippen molar-refractivity contribution in [2.45, 2.75) is 117 Å². The summed E-state index contributed by atoms with van der Waals surface area (Å²) in [7, 11) is 0. The topological polar surface area (TPSA) is 102 Å². The molecule has 1 aliphatic carbocycles. The first-order valence-corrected chi connectivity index (χ1v) is 16.0. The molecular formula is C34H52N4O4. The number of carboxylic acid groups (broad SMARTS) is 1. The molecule has 2 amide bonds. The molecule has 1 aromatic rings. The van der Waals surface area contributed by atoms with Crippen LogP contribution in [-0.4, -0.2) is 63.8 Å². The Morgan fingerprint density at radius 3 is 2.19 bits per heavy atom. The third-order valence-corrected chi connectivity index (χ3v) is 9.50. The highest BCUT2D eigenvalue weighted by Gasteiger charge is 2.53. The molecule has 1 aromatic carbocycles. The molecule has 2 aliphatic heterocycles. The van der Waals surface area contributed by atoms with Crippen LogP contribution in [0.2, 0.25) is 0 Å². The van der Waals surface area contributed by atoms with Crippen LogP contribution in [0.25, 0.3) is 0 Å². The van der Waals surface area contributed by atoms with Crippen molar-refractivity contribution in [3.63, 3.8) is 0 Å². The minimum atomic E-state index is -0.945. The van der Waals surface area contributed by atoms with E-state index in [0.717, 1.165) is 70.0 Å². The number of hydrogen-bond acceptors (Lipinski definition) is 5. The van der Waals surface area contributed by atoms with Crippen molar-refractivity contribution in [2.24, 2.45) is 21.7 Å². The number of carbonyl (C=O) groups excluding carboxylic acids is 2. The number of nitrogens with one attached hydrogen (secondary N) is 1. The average molecular weight is 581 g/mol. The monoisotopic (exact) mass is 580 g/mol. The summed E-state index contributed by atoms with van der Waals surface area (Å²) in [6, 6.07) is 7.38. The summed E-state index contributed by atoms with van der Waals surface area (Å²) in [6.07, 6.45) is 8.85. The lowest BCUT2D eigenvalue weighted by Crippen LogP contribution is -2.52. The number of hydrogen-bond donors (Lipinski definition) is 2. The number of aliphatic imine (C=N–C) groups is 1. The fourth-order valence-corrected chi connectivity index (χ4v) is 6.89. The Hall–Kier alpha value is -2.90. The van der Waals surface area contributed by atoms with Gasteiger partial charge in [-0.05, 0) is 92.2 Å². The second kappa shape index (κ2) is 12.8. The van der Waals surface area contributed by atoms with Crippen LogP contribution in [0, 0.1) is 16.7 Å². The van der Waals surface area contributed by atoms with E-state index in [2.05, 4.69) is 56.7 Å². The average Bonchev–Trinajstić information content (AvgIpc) is 3.20. The molecule has 1 spiro atoms. The Labute approximate surface area is 252 Å². The molecule has 0 aromatic heterocycles. The van der Waals surface area contributed by atoms with Crippen LogP contribution in [0.15, 0.2) is 29.3 Å². The molecule has 8 nitrogen and oxygen atoms in total. The summed E-state index contributed by atoms with van der Waals surface area (Å²) >= 11 is 0. The number of piperidine rings is 1. The van der Waals surface area contributed by atoms with Gasteiger partial charge in [-0.25, -0.2) is 4.99 Å². The molecule has 42 heavy (non-hydrogen) atoms. The van der Waals surface area contributed by atoms with Crippen molar-refractivity contribution in [1.82, 2.24) is 15.1 Å². The molecule has 3 aliphatic rings. The quantitative estimate of drug-likeness (QED) is 0.370. The van der Waals surface area contributed by atoms with Gasteiger partial charge in [0.05, 0.1) is 12.5 Å². The maximum absolute atomic E-state index is 14.5. The molecular weight excluding hydrogens is 528 g/mol. The van der Waals surface area contributed by atoms with Crippen LogP contribution in [0.1, 0.15) is 128 Å². The number of benzene rings is 1. The molecule has 8 heteroatoms. The van der Waals surface area contributed by atoms with Gasteiger partial charge in [0, 0.05) is 25.2 Å². The number of rotatable bonds is 8. The third kappa shape index (κ3) is 7.54. The molecule has 1 saturated carbocycles. The smallest absolute Gasteiger partial charge is 0.305 e. The lowest BCUT2D eigenvalue weighted by Gasteiger charge is -2.47. The lowest BCUT2D eigenvalue weighted by atomic mass is 9.69. The maximum Gasteiger partial charge on any atom is 0.305 e. The van der Waals surface area contributed by atoms with Crippen LogP contribution in [0.5, 0.6) is 0 Å². The highest BCUT2D eigenvalue weighted by atomic mass is 16.4. The van der Waals surface area contributed by atoms with Crippen molar-refractivity contribution >= 4 is 23.6 Å². The fourth-order valence-electron chi connectivity index (χ4n) is 6.89. The van der Waals surface area contributed by atoms with E-state index in [1.807, 2.05) is 12.1 Å². The number of amidine groups is 1. The SMILES string of the molecule is CC(C)(C)CC[C@H](c1ccc(C(=O)NCCC(=O)O)cc1)N1C(=O)C(N2CCCCC2)=NC12CCC(C(C)(C)C)CC2. The number of carboxylic acids is 1. The molecule has 2 N–H and O–H groups in total. The Bertz CT molecular complexity index is 1150. The zero-order valence-corrected chi connectivity index (χ0v) is 26.7. The zero-order valence-electron chi connectivity index (χ0n) is 26.7. The third-order valence-electron chi connectivity index (χ3n) is 9.50. The summed E-state index contributed by atoms with van der Waals surface area (Å²) in [6.45, 7) is 15.5. The van der Waals surface area contributed by atoms with Crippen LogP contribution >= 0.6 is 0 Å². The number of likely N-dealkylation sites (tertiary alicyclic amines) is 1. The highest BCUT2D eigenvalue weighted by Crippen LogP contribution is 2.50. The van der Waals surface area contributed by atoms with E-state index in [4.69, 9.17) is 10.1 Å². The van der Waals surface area contributed by atoms with Crippen molar-refractivity contribution in [3.05, 3.63) is 35.4 Å². The van der Waals surface area contributed by atoms with Crippen LogP contribution in [0.4, 0.5) is 0 Å². The van der Waals surface area contributed by atoms with Gasteiger partial charge < -0.3 is 20.2 Å². The van der Waals surface area contributed by atoms with E-state index in [1.165, 1.54) is 6.42 Å². The van der Waals surface area contributed by atoms with Gasteiger partial charge in [0.15, 0.2) is 5.84 Å². The van der Waals surface area contributed by atoms with Crippen molar-refractivity contribution in [3.8, 4) is 0 Å². The Kier molecular flexibility index (Phi) is 9.73. The normalized spacial score (nSPS) is 24.1. The second-order valence-corrected chi connectivity index (χ2v) is 14.9. The summed E-state index contributed by atoms with van der Waals surface area (Å²) < 4.78 is 0. The first kappa shape index (κ1) is 32.0. The standard InChI is InChI=1S/C34H52N4O4/c1-32(2,3)18-16-27(24-10-12-25(13-11-24)30(41)35-21-17-28(39)40)38-31(42)29(37-22-8-7-9-23-37)36-34(38)19-14-26(15-20-34)33(4,5)6/h10-13,26-27H,7-9,14-23H2,1-6H3,(H,35,41)(H,39,40)/t26?,27-,34?/m1/s1. The molecule has 0 radical (unpaired) electrons. The van der Waals surface area contributed by atoms with E-state index in [1.54, 1.807) is 12.1 Å². The number of aliphatic carboxylic acids is 1. The Morgan fingerprint density at radius 1 is 1.02 bits per heavy atom. The minimum absolute atomic E-state index is 0.0560. The van der Waals surface area contributed by atoms with E-state index in [9.17, 15) is 14.4 Å². The van der Waals surface area contributed by atoms with Gasteiger partial charge in [0.2, 0.25) is 0 Å². The van der Waals surface area contributed by atoms with E-state index >= 15 is 0 Å². The molecule has 0 unspecified atom stereocenters. The largest absolute Gasteiger partial charge is 0.481 e.